The van der Waals surface area contributed by atoms with E-state index in [1.807, 2.05) is 50.5 Å². The number of rotatable bonds is 3. The van der Waals surface area contributed by atoms with Gasteiger partial charge in [-0.05, 0) is 31.3 Å². The standard InChI is InChI=1S/C15H17NO/c1-16(2)11-12-7-3-4-8-13(12)14-9-5-6-10-15(14)17/h3-10,17H,11H2,1-2H3. The largest absolute Gasteiger partial charge is 0.507 e. The summed E-state index contributed by atoms with van der Waals surface area (Å²) in [5.74, 6) is 0.332. The van der Waals surface area contributed by atoms with Crippen LogP contribution in [0, 0.1) is 0 Å². The average Bonchev–Trinajstić information content (AvgIpc) is 2.30. The van der Waals surface area contributed by atoms with Crippen LogP contribution in [0.2, 0.25) is 0 Å². The first kappa shape index (κ1) is 11.7. The molecule has 0 unspecified atom stereocenters. The van der Waals surface area contributed by atoms with E-state index in [9.17, 15) is 5.11 Å². The van der Waals surface area contributed by atoms with Gasteiger partial charge in [0.2, 0.25) is 0 Å². The Kier molecular flexibility index (Phi) is 3.45. The zero-order valence-corrected chi connectivity index (χ0v) is 10.2. The quantitative estimate of drug-likeness (QED) is 0.870. The van der Waals surface area contributed by atoms with E-state index in [1.54, 1.807) is 6.07 Å². The summed E-state index contributed by atoms with van der Waals surface area (Å²) in [5.41, 5.74) is 3.21. The number of phenols is 1. The second-order valence-electron chi connectivity index (χ2n) is 4.41. The molecule has 0 heterocycles. The van der Waals surface area contributed by atoms with E-state index in [2.05, 4.69) is 11.0 Å². The van der Waals surface area contributed by atoms with E-state index in [1.165, 1.54) is 5.56 Å². The SMILES string of the molecule is CN(C)Cc1ccccc1-c1ccccc1O. The van der Waals surface area contributed by atoms with Crippen molar-refractivity contribution in [3.05, 3.63) is 54.1 Å². The number of benzene rings is 2. The number of para-hydroxylation sites is 1. The molecule has 0 atom stereocenters. The fourth-order valence-corrected chi connectivity index (χ4v) is 1.96. The summed E-state index contributed by atoms with van der Waals surface area (Å²) in [7, 11) is 4.09. The highest BCUT2D eigenvalue weighted by Gasteiger charge is 2.08. The van der Waals surface area contributed by atoms with Crippen LogP contribution in [-0.4, -0.2) is 24.1 Å². The lowest BCUT2D eigenvalue weighted by Crippen LogP contribution is -2.11. The van der Waals surface area contributed by atoms with Crippen molar-refractivity contribution in [2.24, 2.45) is 0 Å². The molecule has 0 bridgehead atoms. The van der Waals surface area contributed by atoms with Gasteiger partial charge in [0.15, 0.2) is 0 Å². The Bertz CT molecular complexity index is 506. The fraction of sp³-hybridized carbons (Fsp3) is 0.200. The van der Waals surface area contributed by atoms with E-state index in [4.69, 9.17) is 0 Å². The van der Waals surface area contributed by atoms with E-state index in [0.29, 0.717) is 5.75 Å². The van der Waals surface area contributed by atoms with Gasteiger partial charge in [0.05, 0.1) is 0 Å². The number of phenolic OH excluding ortho intramolecular Hbond substituents is 1. The molecule has 2 nitrogen and oxygen atoms in total. The highest BCUT2D eigenvalue weighted by atomic mass is 16.3. The maximum absolute atomic E-state index is 9.91. The molecule has 2 heteroatoms. The van der Waals surface area contributed by atoms with E-state index < -0.39 is 0 Å². The smallest absolute Gasteiger partial charge is 0.123 e. The molecule has 0 amide bonds. The van der Waals surface area contributed by atoms with Gasteiger partial charge >= 0.3 is 0 Å². The molecular weight excluding hydrogens is 210 g/mol. The van der Waals surface area contributed by atoms with E-state index in [0.717, 1.165) is 17.7 Å². The molecule has 2 aromatic carbocycles. The number of hydrogen-bond donors (Lipinski definition) is 1. The Morgan fingerprint density at radius 2 is 1.47 bits per heavy atom. The summed E-state index contributed by atoms with van der Waals surface area (Å²) < 4.78 is 0. The maximum atomic E-state index is 9.91. The van der Waals surface area contributed by atoms with Crippen LogP contribution in [0.3, 0.4) is 0 Å². The van der Waals surface area contributed by atoms with Crippen LogP contribution >= 0.6 is 0 Å². The molecule has 0 aliphatic heterocycles. The number of nitrogens with zero attached hydrogens (tertiary/aromatic N) is 1. The van der Waals surface area contributed by atoms with Crippen molar-refractivity contribution in [2.75, 3.05) is 14.1 Å². The van der Waals surface area contributed by atoms with Crippen LogP contribution in [0.5, 0.6) is 5.75 Å². The van der Waals surface area contributed by atoms with Crippen LogP contribution in [0.25, 0.3) is 11.1 Å². The molecule has 0 radical (unpaired) electrons. The summed E-state index contributed by atoms with van der Waals surface area (Å²) in [6, 6.07) is 15.6. The van der Waals surface area contributed by atoms with Crippen molar-refractivity contribution < 1.29 is 5.11 Å². The fourth-order valence-electron chi connectivity index (χ4n) is 1.96. The van der Waals surface area contributed by atoms with Crippen LogP contribution in [0.15, 0.2) is 48.5 Å². The van der Waals surface area contributed by atoms with Crippen molar-refractivity contribution in [1.82, 2.24) is 4.90 Å². The first-order chi connectivity index (χ1) is 8.18. The average molecular weight is 227 g/mol. The minimum atomic E-state index is 0.332. The molecule has 0 fully saturated rings. The molecule has 2 aromatic rings. The summed E-state index contributed by atoms with van der Waals surface area (Å²) in [6.07, 6.45) is 0. The number of hydrogen-bond acceptors (Lipinski definition) is 2. The third kappa shape index (κ3) is 2.66. The molecule has 0 spiro atoms. The van der Waals surface area contributed by atoms with Crippen molar-refractivity contribution in [2.45, 2.75) is 6.54 Å². The molecule has 1 N–H and O–H groups in total. The van der Waals surface area contributed by atoms with Crippen LogP contribution in [0.4, 0.5) is 0 Å². The summed E-state index contributed by atoms with van der Waals surface area (Å²) in [5, 5.41) is 9.91. The molecule has 0 saturated carbocycles. The van der Waals surface area contributed by atoms with Gasteiger partial charge < -0.3 is 10.0 Å². The molecule has 0 aliphatic rings. The summed E-state index contributed by atoms with van der Waals surface area (Å²) in [4.78, 5) is 2.12. The highest BCUT2D eigenvalue weighted by Crippen LogP contribution is 2.31. The molecular formula is C15H17NO. The molecule has 2 rings (SSSR count). The molecule has 0 aromatic heterocycles. The summed E-state index contributed by atoms with van der Waals surface area (Å²) in [6.45, 7) is 0.866. The normalized spacial score (nSPS) is 10.8. The van der Waals surface area contributed by atoms with Crippen molar-refractivity contribution in [3.63, 3.8) is 0 Å². The minimum Gasteiger partial charge on any atom is -0.507 e. The van der Waals surface area contributed by atoms with Crippen molar-refractivity contribution in [3.8, 4) is 16.9 Å². The lowest BCUT2D eigenvalue weighted by Gasteiger charge is -2.14. The monoisotopic (exact) mass is 227 g/mol. The van der Waals surface area contributed by atoms with Crippen LogP contribution in [-0.2, 0) is 6.54 Å². The maximum Gasteiger partial charge on any atom is 0.123 e. The first-order valence-corrected chi connectivity index (χ1v) is 5.69. The van der Waals surface area contributed by atoms with Crippen LogP contribution < -0.4 is 0 Å². The first-order valence-electron chi connectivity index (χ1n) is 5.69. The van der Waals surface area contributed by atoms with Crippen molar-refractivity contribution >= 4 is 0 Å². The third-order valence-electron chi connectivity index (χ3n) is 2.70. The second kappa shape index (κ2) is 5.02. The van der Waals surface area contributed by atoms with Gasteiger partial charge in [-0.1, -0.05) is 42.5 Å². The number of aromatic hydroxyl groups is 1. The van der Waals surface area contributed by atoms with Gasteiger partial charge in [-0.2, -0.15) is 0 Å². The topological polar surface area (TPSA) is 23.5 Å². The third-order valence-corrected chi connectivity index (χ3v) is 2.70. The van der Waals surface area contributed by atoms with Gasteiger partial charge in [-0.3, -0.25) is 0 Å². The Labute approximate surface area is 102 Å². The van der Waals surface area contributed by atoms with Gasteiger partial charge in [-0.25, -0.2) is 0 Å². The Morgan fingerprint density at radius 3 is 2.12 bits per heavy atom. The van der Waals surface area contributed by atoms with Crippen LogP contribution in [0.1, 0.15) is 5.56 Å². The predicted octanol–water partition coefficient (Wildman–Crippen LogP) is 3.12. The molecule has 88 valence electrons. The molecule has 0 saturated heterocycles. The lowest BCUT2D eigenvalue weighted by atomic mass is 9.99. The zero-order valence-electron chi connectivity index (χ0n) is 10.2. The van der Waals surface area contributed by atoms with Gasteiger partial charge in [0, 0.05) is 12.1 Å². The molecule has 0 aliphatic carbocycles. The highest BCUT2D eigenvalue weighted by molar-refractivity contribution is 5.72. The predicted molar refractivity (Wildman–Crippen MR) is 70.9 cm³/mol. The Morgan fingerprint density at radius 1 is 0.882 bits per heavy atom. The van der Waals surface area contributed by atoms with Crippen molar-refractivity contribution in [1.29, 1.82) is 0 Å². The Balaban J connectivity index is 2.48. The summed E-state index contributed by atoms with van der Waals surface area (Å²) >= 11 is 0. The Hall–Kier alpha value is -1.80. The van der Waals surface area contributed by atoms with Gasteiger partial charge in [0.1, 0.15) is 5.75 Å². The molecule has 17 heavy (non-hydrogen) atoms. The zero-order chi connectivity index (χ0) is 12.3. The van der Waals surface area contributed by atoms with E-state index in [-0.39, 0.29) is 0 Å². The minimum absolute atomic E-state index is 0.332. The van der Waals surface area contributed by atoms with Gasteiger partial charge in [0.25, 0.3) is 0 Å². The van der Waals surface area contributed by atoms with Gasteiger partial charge in [-0.15, -0.1) is 0 Å². The van der Waals surface area contributed by atoms with E-state index >= 15 is 0 Å². The second-order valence-corrected chi connectivity index (χ2v) is 4.41. The lowest BCUT2D eigenvalue weighted by molar-refractivity contribution is 0.403.